The van der Waals surface area contributed by atoms with Crippen LogP contribution >= 0.6 is 0 Å². The SMILES string of the molecule is c1ccc(N2CCN3c4ccccc4C4CC4C23)cc1. The molecular weight excluding hydrogens is 244 g/mol. The molecule has 0 radical (unpaired) electrons. The highest BCUT2D eigenvalue weighted by atomic mass is 15.4. The van der Waals surface area contributed by atoms with Gasteiger partial charge in [0.2, 0.25) is 0 Å². The molecule has 3 unspecified atom stereocenters. The molecule has 0 amide bonds. The van der Waals surface area contributed by atoms with E-state index >= 15 is 0 Å². The van der Waals surface area contributed by atoms with Crippen LogP contribution in [0.1, 0.15) is 17.9 Å². The van der Waals surface area contributed by atoms with E-state index in [-0.39, 0.29) is 0 Å². The molecule has 0 spiro atoms. The van der Waals surface area contributed by atoms with Gasteiger partial charge in [0.05, 0.1) is 0 Å². The van der Waals surface area contributed by atoms with E-state index < -0.39 is 0 Å². The Labute approximate surface area is 119 Å². The highest BCUT2D eigenvalue weighted by molar-refractivity contribution is 5.66. The lowest BCUT2D eigenvalue weighted by Crippen LogP contribution is -2.43. The second-order valence-electron chi connectivity index (χ2n) is 6.20. The van der Waals surface area contributed by atoms with Gasteiger partial charge in [-0.05, 0) is 36.1 Å². The van der Waals surface area contributed by atoms with E-state index in [1.165, 1.54) is 17.8 Å². The van der Waals surface area contributed by atoms with Crippen LogP contribution in [0.5, 0.6) is 0 Å². The Hall–Kier alpha value is -1.96. The number of para-hydroxylation sites is 2. The second kappa shape index (κ2) is 3.78. The third-order valence-corrected chi connectivity index (χ3v) is 5.18. The molecule has 0 bridgehead atoms. The molecule has 2 aliphatic heterocycles. The summed E-state index contributed by atoms with van der Waals surface area (Å²) in [7, 11) is 0. The number of hydrogen-bond acceptors (Lipinski definition) is 2. The van der Waals surface area contributed by atoms with Gasteiger partial charge in [-0.25, -0.2) is 0 Å². The van der Waals surface area contributed by atoms with Crippen molar-refractivity contribution >= 4 is 11.4 Å². The average Bonchev–Trinajstić information content (AvgIpc) is 3.20. The first-order valence-corrected chi connectivity index (χ1v) is 7.61. The first-order valence-electron chi connectivity index (χ1n) is 7.61. The Bertz CT molecular complexity index is 651. The van der Waals surface area contributed by atoms with E-state index in [0.717, 1.165) is 24.9 Å². The summed E-state index contributed by atoms with van der Waals surface area (Å²) >= 11 is 0. The first kappa shape index (κ1) is 10.8. The van der Waals surface area contributed by atoms with Crippen LogP contribution in [-0.2, 0) is 0 Å². The third-order valence-electron chi connectivity index (χ3n) is 5.18. The lowest BCUT2D eigenvalue weighted by molar-refractivity contribution is 0.561. The zero-order valence-corrected chi connectivity index (χ0v) is 11.4. The Morgan fingerprint density at radius 2 is 1.55 bits per heavy atom. The van der Waals surface area contributed by atoms with E-state index in [2.05, 4.69) is 64.4 Å². The van der Waals surface area contributed by atoms with Gasteiger partial charge in [-0.3, -0.25) is 0 Å². The number of rotatable bonds is 1. The summed E-state index contributed by atoms with van der Waals surface area (Å²) in [6, 6.07) is 19.9. The highest BCUT2D eigenvalue weighted by Gasteiger charge is 2.55. The average molecular weight is 262 g/mol. The van der Waals surface area contributed by atoms with Crippen molar-refractivity contribution in [2.75, 3.05) is 22.9 Å². The van der Waals surface area contributed by atoms with Crippen LogP contribution in [0, 0.1) is 5.92 Å². The van der Waals surface area contributed by atoms with Crippen molar-refractivity contribution in [3.63, 3.8) is 0 Å². The van der Waals surface area contributed by atoms with Gasteiger partial charge in [-0.15, -0.1) is 0 Å². The lowest BCUT2D eigenvalue weighted by Gasteiger charge is -2.37. The molecule has 2 aromatic rings. The van der Waals surface area contributed by atoms with Gasteiger partial charge < -0.3 is 9.80 Å². The molecule has 2 nitrogen and oxygen atoms in total. The van der Waals surface area contributed by atoms with Crippen LogP contribution < -0.4 is 9.80 Å². The van der Waals surface area contributed by atoms with Gasteiger partial charge in [-0.1, -0.05) is 36.4 Å². The molecule has 2 heterocycles. The summed E-state index contributed by atoms with van der Waals surface area (Å²) < 4.78 is 0. The predicted molar refractivity (Wildman–Crippen MR) is 82.2 cm³/mol. The van der Waals surface area contributed by atoms with E-state index in [1.807, 2.05) is 0 Å². The summed E-state index contributed by atoms with van der Waals surface area (Å²) in [5, 5.41) is 0. The summed E-state index contributed by atoms with van der Waals surface area (Å²) in [4.78, 5) is 5.25. The third kappa shape index (κ3) is 1.34. The van der Waals surface area contributed by atoms with E-state index in [9.17, 15) is 0 Å². The topological polar surface area (TPSA) is 6.48 Å². The number of fused-ring (bicyclic) bond motifs is 6. The highest BCUT2D eigenvalue weighted by Crippen LogP contribution is 2.59. The van der Waals surface area contributed by atoms with Gasteiger partial charge in [-0.2, -0.15) is 0 Å². The maximum Gasteiger partial charge on any atom is 0.105 e. The molecular formula is C18H18N2. The molecule has 100 valence electrons. The summed E-state index contributed by atoms with van der Waals surface area (Å²) in [6.45, 7) is 2.30. The number of hydrogen-bond donors (Lipinski definition) is 0. The fourth-order valence-corrected chi connectivity index (χ4v) is 4.24. The van der Waals surface area contributed by atoms with Crippen LogP contribution in [-0.4, -0.2) is 19.3 Å². The smallest absolute Gasteiger partial charge is 0.105 e. The Morgan fingerprint density at radius 1 is 0.800 bits per heavy atom. The molecule has 2 heteroatoms. The molecule has 0 N–H and O–H groups in total. The van der Waals surface area contributed by atoms with E-state index in [0.29, 0.717) is 6.17 Å². The minimum absolute atomic E-state index is 0.581. The molecule has 1 aliphatic carbocycles. The minimum atomic E-state index is 0.581. The molecule has 2 aromatic carbocycles. The number of anilines is 2. The fraction of sp³-hybridized carbons (Fsp3) is 0.333. The first-order chi connectivity index (χ1) is 9.93. The van der Waals surface area contributed by atoms with Gasteiger partial charge >= 0.3 is 0 Å². The second-order valence-corrected chi connectivity index (χ2v) is 6.20. The normalized spacial score (nSPS) is 29.7. The van der Waals surface area contributed by atoms with Crippen LogP contribution in [0.4, 0.5) is 11.4 Å². The lowest BCUT2D eigenvalue weighted by atomic mass is 10.00. The fourth-order valence-electron chi connectivity index (χ4n) is 4.24. The Balaban J connectivity index is 1.59. The molecule has 20 heavy (non-hydrogen) atoms. The van der Waals surface area contributed by atoms with E-state index in [4.69, 9.17) is 0 Å². The summed E-state index contributed by atoms with van der Waals surface area (Å²) in [5.41, 5.74) is 4.45. The van der Waals surface area contributed by atoms with Gasteiger partial charge in [0.1, 0.15) is 6.17 Å². The maximum atomic E-state index is 2.64. The molecule has 2 fully saturated rings. The number of nitrogens with zero attached hydrogens (tertiary/aromatic N) is 2. The molecule has 3 atom stereocenters. The van der Waals surface area contributed by atoms with Crippen molar-refractivity contribution in [2.45, 2.75) is 18.5 Å². The molecule has 0 aromatic heterocycles. The van der Waals surface area contributed by atoms with Crippen molar-refractivity contribution in [3.05, 3.63) is 60.2 Å². The standard InChI is InChI=1S/C18H18N2/c1-2-6-13(7-3-1)19-10-11-20-17-9-5-4-8-14(17)15-12-16(15)18(19)20/h1-9,15-16,18H,10-12H2. The zero-order chi connectivity index (χ0) is 13.1. The van der Waals surface area contributed by atoms with E-state index in [1.54, 1.807) is 5.56 Å². The van der Waals surface area contributed by atoms with Crippen molar-refractivity contribution in [2.24, 2.45) is 5.92 Å². The zero-order valence-electron chi connectivity index (χ0n) is 11.4. The van der Waals surface area contributed by atoms with Gasteiger partial charge in [0.25, 0.3) is 0 Å². The van der Waals surface area contributed by atoms with Crippen molar-refractivity contribution in [3.8, 4) is 0 Å². The molecule has 1 saturated carbocycles. The Morgan fingerprint density at radius 3 is 2.45 bits per heavy atom. The predicted octanol–water partition coefficient (Wildman–Crippen LogP) is 3.46. The monoisotopic (exact) mass is 262 g/mol. The van der Waals surface area contributed by atoms with Gasteiger partial charge in [0.15, 0.2) is 0 Å². The maximum absolute atomic E-state index is 2.64. The van der Waals surface area contributed by atoms with Crippen molar-refractivity contribution in [1.82, 2.24) is 0 Å². The Kier molecular flexibility index (Phi) is 2.04. The van der Waals surface area contributed by atoms with Crippen LogP contribution in [0.25, 0.3) is 0 Å². The van der Waals surface area contributed by atoms with Crippen LogP contribution in [0.15, 0.2) is 54.6 Å². The molecule has 5 rings (SSSR count). The van der Waals surface area contributed by atoms with Crippen LogP contribution in [0.3, 0.4) is 0 Å². The molecule has 3 aliphatic rings. The van der Waals surface area contributed by atoms with Crippen LogP contribution in [0.2, 0.25) is 0 Å². The summed E-state index contributed by atoms with van der Waals surface area (Å²) in [6.07, 6.45) is 1.94. The largest absolute Gasteiger partial charge is 0.349 e. The summed E-state index contributed by atoms with van der Waals surface area (Å²) in [5.74, 6) is 1.63. The molecule has 1 saturated heterocycles. The quantitative estimate of drug-likeness (QED) is 0.776. The number of benzene rings is 2. The van der Waals surface area contributed by atoms with Crippen molar-refractivity contribution < 1.29 is 0 Å². The van der Waals surface area contributed by atoms with Gasteiger partial charge in [0, 0.05) is 30.4 Å². The minimum Gasteiger partial charge on any atom is -0.349 e. The van der Waals surface area contributed by atoms with Crippen molar-refractivity contribution in [1.29, 1.82) is 0 Å².